The fraction of sp³-hybridized carbons (Fsp3) is 0.667. The van der Waals surface area contributed by atoms with Crippen LogP contribution in [0.25, 0.3) is 0 Å². The van der Waals surface area contributed by atoms with Gasteiger partial charge in [0.2, 0.25) is 0 Å². The number of fused-ring (bicyclic) bond motifs is 1. The van der Waals surface area contributed by atoms with Crippen molar-refractivity contribution in [1.82, 2.24) is 10.3 Å². The zero-order valence-corrected chi connectivity index (χ0v) is 10.9. The number of rotatable bonds is 5. The standard InChI is InChI=1S/C15H21FN2/c1-2-6-18-15(10-7-11(16)9-17-8-10)14-12-4-3-5-13(12)14/h7-9,12-15,18H,2-6H2,1H3. The zero-order chi connectivity index (χ0) is 12.5. The third kappa shape index (κ3) is 2.16. The Morgan fingerprint density at radius 1 is 1.39 bits per heavy atom. The SMILES string of the molecule is CCCNC(c1cncc(F)c1)C1C2CCCC21. The van der Waals surface area contributed by atoms with E-state index >= 15 is 0 Å². The first-order valence-corrected chi connectivity index (χ1v) is 7.15. The first-order valence-electron chi connectivity index (χ1n) is 7.15. The Hall–Kier alpha value is -0.960. The smallest absolute Gasteiger partial charge is 0.141 e. The van der Waals surface area contributed by atoms with E-state index in [9.17, 15) is 4.39 Å². The minimum absolute atomic E-state index is 0.221. The van der Waals surface area contributed by atoms with Gasteiger partial charge in [-0.1, -0.05) is 13.3 Å². The van der Waals surface area contributed by atoms with Crippen molar-refractivity contribution in [1.29, 1.82) is 0 Å². The lowest BCUT2D eigenvalue weighted by molar-refractivity contribution is 0.415. The van der Waals surface area contributed by atoms with Crippen molar-refractivity contribution in [3.8, 4) is 0 Å². The molecule has 2 aliphatic carbocycles. The number of hydrogen-bond donors (Lipinski definition) is 1. The largest absolute Gasteiger partial charge is 0.310 e. The summed E-state index contributed by atoms with van der Waals surface area (Å²) in [5.41, 5.74) is 1.03. The average Bonchev–Trinajstić information content (AvgIpc) is 2.84. The predicted octanol–water partition coefficient (Wildman–Crippen LogP) is 3.31. The van der Waals surface area contributed by atoms with Crippen LogP contribution in [0.5, 0.6) is 0 Å². The highest BCUT2D eigenvalue weighted by Crippen LogP contribution is 2.62. The molecule has 0 spiro atoms. The van der Waals surface area contributed by atoms with Crippen molar-refractivity contribution in [2.75, 3.05) is 6.54 Å². The first kappa shape index (κ1) is 12.1. The van der Waals surface area contributed by atoms with Crippen molar-refractivity contribution in [3.63, 3.8) is 0 Å². The van der Waals surface area contributed by atoms with Crippen LogP contribution in [-0.4, -0.2) is 11.5 Å². The number of nitrogens with one attached hydrogen (secondary N) is 1. The van der Waals surface area contributed by atoms with E-state index in [0.717, 1.165) is 30.4 Å². The molecule has 18 heavy (non-hydrogen) atoms. The van der Waals surface area contributed by atoms with Gasteiger partial charge < -0.3 is 5.32 Å². The second kappa shape index (κ2) is 4.96. The maximum Gasteiger partial charge on any atom is 0.141 e. The molecule has 3 heteroatoms. The van der Waals surface area contributed by atoms with Crippen molar-refractivity contribution in [2.24, 2.45) is 17.8 Å². The lowest BCUT2D eigenvalue weighted by atomic mass is 9.98. The van der Waals surface area contributed by atoms with E-state index in [0.29, 0.717) is 12.0 Å². The van der Waals surface area contributed by atoms with E-state index in [4.69, 9.17) is 0 Å². The summed E-state index contributed by atoms with van der Waals surface area (Å²) in [5, 5.41) is 3.60. The number of aromatic nitrogens is 1. The van der Waals surface area contributed by atoms with Crippen LogP contribution in [0.4, 0.5) is 4.39 Å². The molecule has 2 saturated carbocycles. The van der Waals surface area contributed by atoms with E-state index in [2.05, 4.69) is 17.2 Å². The van der Waals surface area contributed by atoms with Gasteiger partial charge in [0.25, 0.3) is 0 Å². The van der Waals surface area contributed by atoms with Gasteiger partial charge in [-0.05, 0) is 55.2 Å². The zero-order valence-electron chi connectivity index (χ0n) is 10.9. The summed E-state index contributed by atoms with van der Waals surface area (Å²) < 4.78 is 13.3. The Morgan fingerprint density at radius 2 is 2.17 bits per heavy atom. The quantitative estimate of drug-likeness (QED) is 0.864. The second-order valence-corrected chi connectivity index (χ2v) is 5.70. The monoisotopic (exact) mass is 248 g/mol. The van der Waals surface area contributed by atoms with Gasteiger partial charge in [0.1, 0.15) is 5.82 Å². The fourth-order valence-electron chi connectivity index (χ4n) is 3.75. The van der Waals surface area contributed by atoms with Gasteiger partial charge in [-0.15, -0.1) is 0 Å². The lowest BCUT2D eigenvalue weighted by Gasteiger charge is -2.20. The maximum absolute atomic E-state index is 13.3. The van der Waals surface area contributed by atoms with Gasteiger partial charge in [0, 0.05) is 12.2 Å². The van der Waals surface area contributed by atoms with Gasteiger partial charge in [0.05, 0.1) is 6.20 Å². The van der Waals surface area contributed by atoms with Crippen LogP contribution < -0.4 is 5.32 Å². The van der Waals surface area contributed by atoms with Crippen LogP contribution in [0.15, 0.2) is 18.5 Å². The molecule has 1 aromatic rings. The van der Waals surface area contributed by atoms with E-state index in [1.54, 1.807) is 6.07 Å². The summed E-state index contributed by atoms with van der Waals surface area (Å²) in [6.07, 6.45) is 8.33. The molecule has 0 amide bonds. The van der Waals surface area contributed by atoms with Crippen molar-refractivity contribution in [2.45, 2.75) is 38.6 Å². The molecule has 3 unspecified atom stereocenters. The lowest BCUT2D eigenvalue weighted by Crippen LogP contribution is -2.25. The molecular weight excluding hydrogens is 227 g/mol. The molecule has 0 bridgehead atoms. The van der Waals surface area contributed by atoms with Crippen LogP contribution in [0, 0.1) is 23.6 Å². The fourth-order valence-corrected chi connectivity index (χ4v) is 3.75. The van der Waals surface area contributed by atoms with Gasteiger partial charge >= 0.3 is 0 Å². The molecule has 0 aliphatic heterocycles. The Labute approximate surface area is 108 Å². The van der Waals surface area contributed by atoms with Crippen LogP contribution in [0.1, 0.15) is 44.2 Å². The molecule has 1 N–H and O–H groups in total. The van der Waals surface area contributed by atoms with E-state index in [-0.39, 0.29) is 5.82 Å². The molecule has 0 radical (unpaired) electrons. The molecule has 1 aromatic heterocycles. The Morgan fingerprint density at radius 3 is 2.83 bits per heavy atom. The maximum atomic E-state index is 13.3. The van der Waals surface area contributed by atoms with E-state index in [1.807, 2.05) is 6.20 Å². The first-order chi connectivity index (χ1) is 8.81. The van der Waals surface area contributed by atoms with Crippen molar-refractivity contribution in [3.05, 3.63) is 29.8 Å². The number of hydrogen-bond acceptors (Lipinski definition) is 2. The van der Waals surface area contributed by atoms with Crippen LogP contribution >= 0.6 is 0 Å². The van der Waals surface area contributed by atoms with Gasteiger partial charge in [-0.3, -0.25) is 4.98 Å². The molecule has 2 fully saturated rings. The second-order valence-electron chi connectivity index (χ2n) is 5.70. The summed E-state index contributed by atoms with van der Waals surface area (Å²) >= 11 is 0. The Kier molecular flexibility index (Phi) is 3.33. The predicted molar refractivity (Wildman–Crippen MR) is 69.6 cm³/mol. The van der Waals surface area contributed by atoms with Gasteiger partial charge in [-0.25, -0.2) is 4.39 Å². The third-order valence-corrected chi connectivity index (χ3v) is 4.56. The molecule has 0 aromatic carbocycles. The molecule has 98 valence electrons. The summed E-state index contributed by atoms with van der Waals surface area (Å²) in [5.74, 6) is 2.25. The molecular formula is C15H21FN2. The highest BCUT2D eigenvalue weighted by Gasteiger charge is 2.55. The highest BCUT2D eigenvalue weighted by atomic mass is 19.1. The number of halogens is 1. The van der Waals surface area contributed by atoms with Crippen molar-refractivity contribution < 1.29 is 4.39 Å². The Bertz CT molecular complexity index is 411. The summed E-state index contributed by atoms with van der Waals surface area (Å²) in [4.78, 5) is 4.00. The summed E-state index contributed by atoms with van der Waals surface area (Å²) in [6, 6.07) is 1.96. The van der Waals surface area contributed by atoms with E-state index < -0.39 is 0 Å². The molecule has 0 saturated heterocycles. The average molecular weight is 248 g/mol. The molecule has 3 atom stereocenters. The highest BCUT2D eigenvalue weighted by molar-refractivity contribution is 5.21. The van der Waals surface area contributed by atoms with Crippen molar-refractivity contribution >= 4 is 0 Å². The summed E-state index contributed by atoms with van der Waals surface area (Å²) in [7, 11) is 0. The molecule has 2 nitrogen and oxygen atoms in total. The number of pyridine rings is 1. The molecule has 1 heterocycles. The van der Waals surface area contributed by atoms with E-state index in [1.165, 1.54) is 25.5 Å². The minimum Gasteiger partial charge on any atom is -0.310 e. The normalized spacial score (nSPS) is 31.1. The van der Waals surface area contributed by atoms with Crippen LogP contribution in [-0.2, 0) is 0 Å². The number of nitrogens with zero attached hydrogens (tertiary/aromatic N) is 1. The van der Waals surface area contributed by atoms with Crippen LogP contribution in [0.2, 0.25) is 0 Å². The third-order valence-electron chi connectivity index (χ3n) is 4.56. The molecule has 3 rings (SSSR count). The minimum atomic E-state index is -0.221. The topological polar surface area (TPSA) is 24.9 Å². The molecule has 2 aliphatic rings. The van der Waals surface area contributed by atoms with Gasteiger partial charge in [-0.2, -0.15) is 0 Å². The van der Waals surface area contributed by atoms with Crippen LogP contribution in [0.3, 0.4) is 0 Å². The summed E-state index contributed by atoms with van der Waals surface area (Å²) in [6.45, 7) is 3.17. The Balaban J connectivity index is 1.77. The van der Waals surface area contributed by atoms with Gasteiger partial charge in [0.15, 0.2) is 0 Å².